The average molecular weight is 2240 g/mol. The van der Waals surface area contributed by atoms with Crippen molar-refractivity contribution < 1.29 is 52.7 Å². The number of halogens is 12. The van der Waals surface area contributed by atoms with Crippen molar-refractivity contribution >= 4 is 317 Å². The van der Waals surface area contributed by atoms with Crippen molar-refractivity contribution in [1.29, 1.82) is 26.3 Å². The Morgan fingerprint density at radius 2 is 0.701 bits per heavy atom. The van der Waals surface area contributed by atoms with E-state index >= 15 is 26.3 Å². The van der Waals surface area contributed by atoms with Gasteiger partial charge < -0.3 is 9.13 Å². The first-order chi connectivity index (χ1) is 69.3. The smallest absolute Gasteiger partial charge is 0.248 e. The zero-order valence-electron chi connectivity index (χ0n) is 69.7. The maximum atomic E-state index is 15.7. The maximum Gasteiger partial charge on any atom is 0.555 e. The summed E-state index contributed by atoms with van der Waals surface area (Å²) in [6, 6.07) is 24.1. The zero-order valence-corrected chi connectivity index (χ0v) is 79.8. The predicted octanol–water partition coefficient (Wildman–Crippen LogP) is 13.8. The van der Waals surface area contributed by atoms with Gasteiger partial charge in [-0.1, -0.05) is 6.07 Å². The van der Waals surface area contributed by atoms with Crippen LogP contribution in [-0.2, 0) is 14.1 Å². The number of hydrogen-bond donors (Lipinski definition) is 0. The average Bonchev–Trinajstić information content (AvgIpc) is 1.53. The number of nitriles is 5. The van der Waals surface area contributed by atoms with Gasteiger partial charge in [-0.05, 0) is 23.6 Å². The molecular weight excluding hydrogens is 2230 g/mol. The third kappa shape index (κ3) is 15.8. The molecule has 0 radical (unpaired) electrons. The number of hydrogen-bond acceptors (Lipinski definition) is 19. The normalized spacial score (nSPS) is 11.7. The van der Waals surface area contributed by atoms with Crippen LogP contribution in [0.15, 0.2) is 48.5 Å². The van der Waals surface area contributed by atoms with E-state index in [-0.39, 0.29) is 99.5 Å². The van der Waals surface area contributed by atoms with E-state index in [0.29, 0.717) is 40.4 Å². The Balaban J connectivity index is 0.000000129. The van der Waals surface area contributed by atoms with E-state index < -0.39 is 209 Å². The molecule has 0 aliphatic carbocycles. The molecule has 0 aliphatic rings. The van der Waals surface area contributed by atoms with Gasteiger partial charge in [-0.15, -0.1) is 45.3 Å². The Bertz CT molecular complexity index is 10700. The van der Waals surface area contributed by atoms with Crippen LogP contribution in [-0.4, -0.2) is 117 Å². The number of rotatable bonds is 0. The molecule has 52 heteroatoms. The molecular formula is C92H14F12N32S4Se4. The molecule has 0 saturated carbocycles. The van der Waals surface area contributed by atoms with Crippen molar-refractivity contribution in [2.75, 3.05) is 0 Å². The van der Waals surface area contributed by atoms with E-state index in [0.717, 1.165) is 70.7 Å². The second-order valence-electron chi connectivity index (χ2n) is 27.8. The number of fused-ring (bicyclic) bond motifs is 20. The van der Waals surface area contributed by atoms with Crippen LogP contribution in [0.2, 0.25) is 0 Å². The molecule has 32 nitrogen and oxygen atoms in total. The van der Waals surface area contributed by atoms with Gasteiger partial charge in [0.2, 0.25) is 14.8 Å². The fourth-order valence-electron chi connectivity index (χ4n) is 14.3. The number of thiazole rings is 4. The third-order valence-corrected chi connectivity index (χ3v) is 33.6. The molecule has 0 spiro atoms. The fourth-order valence-corrected chi connectivity index (χ4v) is 26.5. The molecule has 20 aromatic rings. The molecule has 0 bridgehead atoms. The Morgan fingerprint density at radius 3 is 1.28 bits per heavy atom. The van der Waals surface area contributed by atoms with Gasteiger partial charge in [-0.3, -0.25) is 0 Å². The molecule has 0 N–H and O–H groups in total. The van der Waals surface area contributed by atoms with E-state index in [1.165, 1.54) is 36.8 Å². The van der Waals surface area contributed by atoms with Crippen molar-refractivity contribution in [3.63, 3.8) is 0 Å². The fraction of sp³-hybridized carbons (Fsp3) is 0.0217. The van der Waals surface area contributed by atoms with Gasteiger partial charge >= 0.3 is 358 Å². The van der Waals surface area contributed by atoms with Crippen LogP contribution < -0.4 is 46.5 Å². The topological polar surface area (TPSA) is 323 Å². The predicted molar refractivity (Wildman–Crippen MR) is 507 cm³/mol. The van der Waals surface area contributed by atoms with Crippen molar-refractivity contribution in [2.45, 2.75) is 0 Å². The number of nitrogens with zero attached hydrogens (tertiary/aromatic N) is 32. The molecule has 144 heavy (non-hydrogen) atoms. The van der Waals surface area contributed by atoms with E-state index in [4.69, 9.17) is 125 Å². The molecule has 0 atom stereocenters. The first-order valence-corrected chi connectivity index (χ1v) is 47.9. The molecule has 20 rings (SSSR count). The van der Waals surface area contributed by atoms with Crippen LogP contribution in [0.25, 0.3) is 286 Å². The summed E-state index contributed by atoms with van der Waals surface area (Å²) in [4.78, 5) is 86.5. The van der Waals surface area contributed by atoms with Crippen LogP contribution in [0.5, 0.6) is 0 Å². The first kappa shape index (κ1) is 97.5. The molecule has 10 heterocycles. The summed E-state index contributed by atoms with van der Waals surface area (Å²) in [5, 5.41) is 44.4. The summed E-state index contributed by atoms with van der Waals surface area (Å²) < 4.78 is 186. The Kier molecular flexibility index (Phi) is 26.3. The van der Waals surface area contributed by atoms with Gasteiger partial charge in [0.25, 0.3) is 11.4 Å². The van der Waals surface area contributed by atoms with Crippen molar-refractivity contribution in [2.24, 2.45) is 14.1 Å². The summed E-state index contributed by atoms with van der Waals surface area (Å²) in [6.07, 6.45) is 0. The SMILES string of the molecule is [C-]#[N+]C([N+]#[C-])=c1nc2c(F)c3c(F)c(F)c4n/c(=C(\C#N)[N+]#[C-])[se]c4c3c(F)c2[se]1.[C-]#[N+]C([N+]#[C-])=c1nc2c(F)c3c(F)c(F)c4n/c(=C(\C#N)[N+]#[C-])n(C)c4c3c(F)c2n1C.[C-]#[N+]C([N+]#[C-])=c1nc2c(F)c3c(F)c(F)c4n/c(=C(\C#N)[N+]#[C-])sc4c3c(F)c2s1.[C-]#[N+]C([N+]#[C-])=c1nc2cc3ccc4n/c(=C(\C#N)[N+]#[C-])[se]c4c3cc2[se]1.[C-]#[N+]C([N+]#[C-])=c1nc2cc3ccc4n/c(=C(\C#N)[N+]#[C-])sc4c3cc2s1. The van der Waals surface area contributed by atoms with Gasteiger partial charge in [-0.2, -0.15) is 29.1 Å². The van der Waals surface area contributed by atoms with Crippen LogP contribution in [0, 0.1) is 225 Å². The van der Waals surface area contributed by atoms with Gasteiger partial charge in [0.1, 0.15) is 81.8 Å². The van der Waals surface area contributed by atoms with Gasteiger partial charge in [0.15, 0.2) is 46.5 Å². The van der Waals surface area contributed by atoms with Crippen LogP contribution in [0.1, 0.15) is 0 Å². The summed E-state index contributed by atoms with van der Waals surface area (Å²) in [7, 11) is 2.48. The van der Waals surface area contributed by atoms with E-state index in [1.54, 1.807) is 18.2 Å². The zero-order chi connectivity index (χ0) is 103. The Morgan fingerprint density at radius 1 is 0.285 bits per heavy atom. The second kappa shape index (κ2) is 38.8. The number of aromatic nitrogens is 12. The van der Waals surface area contributed by atoms with Gasteiger partial charge in [0.05, 0.1) is 89.4 Å². The molecule has 0 amide bonds. The van der Waals surface area contributed by atoms with E-state index in [1.807, 2.05) is 54.6 Å². The third-order valence-electron chi connectivity index (χ3n) is 20.4. The summed E-state index contributed by atoms with van der Waals surface area (Å²) >= 11 is 1.23. The Labute approximate surface area is 828 Å². The molecule has 0 aliphatic heterocycles. The summed E-state index contributed by atoms with van der Waals surface area (Å²) in [5.41, 5.74) is -3.77. The minimum absolute atomic E-state index is 0.0196. The molecule has 10 aromatic carbocycles. The van der Waals surface area contributed by atoms with Gasteiger partial charge in [0, 0.05) is 24.9 Å². The monoisotopic (exact) mass is 2240 g/mol. The minimum atomic E-state index is -1.73. The van der Waals surface area contributed by atoms with Gasteiger partial charge in [-0.25, -0.2) is 95.3 Å². The number of aryl methyl sites for hydroxylation is 2. The number of benzene rings is 10. The minimum Gasteiger partial charge on any atom is -0.248 e. The molecule has 674 valence electrons. The first-order valence-electron chi connectivity index (χ1n) is 37.8. The molecule has 0 unspecified atom stereocenters. The van der Waals surface area contributed by atoms with E-state index in [9.17, 15) is 26.3 Å². The quantitative estimate of drug-likeness (QED) is 0.0773. The van der Waals surface area contributed by atoms with E-state index in [2.05, 4.69) is 129 Å². The summed E-state index contributed by atoms with van der Waals surface area (Å²) in [5.74, 6) is -18.8. The van der Waals surface area contributed by atoms with Crippen LogP contribution >= 0.6 is 45.3 Å². The number of imidazole rings is 2. The Hall–Kier alpha value is -19.6. The van der Waals surface area contributed by atoms with Crippen LogP contribution in [0.4, 0.5) is 52.7 Å². The second-order valence-corrected chi connectivity index (χ2v) is 40.2. The molecule has 0 fully saturated rings. The largest absolute Gasteiger partial charge is 0.555 e. The summed E-state index contributed by atoms with van der Waals surface area (Å²) in [6.45, 7) is 106. The maximum absolute atomic E-state index is 15.7. The van der Waals surface area contributed by atoms with Crippen molar-refractivity contribution in [1.82, 2.24) is 59.0 Å². The molecule has 0 saturated heterocycles. The standard InChI is InChI=1S/C20H6F4N8.C18F4N6S2.C18F4N6Se2.C18H4N6S2.C18H4N6Se2/c1-26-7(6-25)19-29-15-13(24)10(21)8-9(16(15)31(19)4)12(23)17-14(11(8)22)30-20(32(17)5)18(27-2)28-3;2*1-24-5(4-23)17-27-13-11(22)8(19)6-7(14(13)29-17)10(21)15-12(9(6)20)28-18(30-15)16(25-2)26-3;2*1-20-13(8-19)17-23-11-5-4-9-6-12-14(7-10(9)15(11)26-17)25-18(24-12)16(21-2)22-3/h4-5H3;;;2*4-7H/b19-7-;2*17-5-;2*17-13-. The van der Waals surface area contributed by atoms with Crippen molar-refractivity contribution in [3.8, 4) is 30.3 Å². The van der Waals surface area contributed by atoms with Crippen LogP contribution in [0.3, 0.4) is 0 Å². The van der Waals surface area contributed by atoms with Crippen molar-refractivity contribution in [3.05, 3.63) is 336 Å². The molecule has 10 aromatic heterocycles.